The van der Waals surface area contributed by atoms with Crippen LogP contribution in [-0.2, 0) is 28.6 Å². The van der Waals surface area contributed by atoms with Gasteiger partial charge in [-0.05, 0) is 83.5 Å². The van der Waals surface area contributed by atoms with Gasteiger partial charge in [0.15, 0.2) is 6.10 Å². The molecular formula is C73H126O6. The van der Waals surface area contributed by atoms with E-state index in [4.69, 9.17) is 14.2 Å². The zero-order valence-corrected chi connectivity index (χ0v) is 52.1. The van der Waals surface area contributed by atoms with Gasteiger partial charge in [0.2, 0.25) is 0 Å². The molecule has 79 heavy (non-hydrogen) atoms. The van der Waals surface area contributed by atoms with Crippen molar-refractivity contribution >= 4 is 17.9 Å². The van der Waals surface area contributed by atoms with Gasteiger partial charge in [-0.25, -0.2) is 0 Å². The number of allylic oxidation sites excluding steroid dienone is 16. The quantitative estimate of drug-likeness (QED) is 0.0261. The average Bonchev–Trinajstić information content (AvgIpc) is 3.45. The van der Waals surface area contributed by atoms with Gasteiger partial charge in [-0.15, -0.1) is 0 Å². The van der Waals surface area contributed by atoms with Crippen molar-refractivity contribution in [3.8, 4) is 0 Å². The van der Waals surface area contributed by atoms with Crippen LogP contribution in [0.4, 0.5) is 0 Å². The van der Waals surface area contributed by atoms with Crippen LogP contribution in [0, 0.1) is 0 Å². The fourth-order valence-electron chi connectivity index (χ4n) is 9.58. The second kappa shape index (κ2) is 66.8. The molecule has 0 fully saturated rings. The molecule has 0 bridgehead atoms. The Bertz CT molecular complexity index is 1540. The van der Waals surface area contributed by atoms with Crippen molar-refractivity contribution in [2.24, 2.45) is 0 Å². The summed E-state index contributed by atoms with van der Waals surface area (Å²) < 4.78 is 16.9. The molecular weight excluding hydrogens is 973 g/mol. The van der Waals surface area contributed by atoms with Gasteiger partial charge in [-0.2, -0.15) is 0 Å². The number of carbonyl (C=O) groups is 3. The maximum absolute atomic E-state index is 12.9. The van der Waals surface area contributed by atoms with Gasteiger partial charge in [0.1, 0.15) is 13.2 Å². The molecule has 0 aromatic rings. The number of hydrogen-bond donors (Lipinski definition) is 0. The Hall–Kier alpha value is -3.67. The molecule has 454 valence electrons. The summed E-state index contributed by atoms with van der Waals surface area (Å²) in [6.07, 6.45) is 89.9. The maximum Gasteiger partial charge on any atom is 0.306 e. The van der Waals surface area contributed by atoms with Gasteiger partial charge in [-0.1, -0.05) is 323 Å². The standard InChI is InChI=1S/C73H126O6/c1-4-7-10-13-16-19-22-25-28-30-32-33-34-35-36-37-38-39-40-41-42-44-45-48-51-54-57-60-63-66-72(75)78-69-70(68-77-71(74)65-62-59-56-53-50-47-27-24-21-18-15-12-9-6-3)79-73(76)67-64-61-58-55-52-49-46-43-31-29-26-23-20-17-14-11-8-5-2/h7,10,16,19,25,28,32-33,35-36,38-39,41-42,45,48,70H,4-6,8-9,11-15,17-18,20-24,26-27,29-31,34,37,40,43-44,46-47,49-69H2,1-3H3/b10-7-,19-16-,28-25-,33-32-,36-35-,39-38-,42-41-,48-45-. The fraction of sp³-hybridized carbons (Fsp3) is 0.740. The van der Waals surface area contributed by atoms with Crippen molar-refractivity contribution in [3.63, 3.8) is 0 Å². The molecule has 0 aliphatic rings. The third-order valence-corrected chi connectivity index (χ3v) is 14.6. The van der Waals surface area contributed by atoms with E-state index >= 15 is 0 Å². The average molecular weight is 1100 g/mol. The van der Waals surface area contributed by atoms with E-state index in [9.17, 15) is 14.4 Å². The van der Waals surface area contributed by atoms with E-state index in [2.05, 4.69) is 118 Å². The molecule has 0 amide bonds. The van der Waals surface area contributed by atoms with Crippen LogP contribution in [0.1, 0.15) is 329 Å². The molecule has 0 aliphatic carbocycles. The van der Waals surface area contributed by atoms with Crippen LogP contribution < -0.4 is 0 Å². The van der Waals surface area contributed by atoms with Crippen molar-refractivity contribution in [2.45, 2.75) is 335 Å². The van der Waals surface area contributed by atoms with E-state index in [0.29, 0.717) is 19.3 Å². The van der Waals surface area contributed by atoms with Crippen molar-refractivity contribution in [1.29, 1.82) is 0 Å². The van der Waals surface area contributed by atoms with E-state index in [0.717, 1.165) is 122 Å². The fourth-order valence-corrected chi connectivity index (χ4v) is 9.58. The predicted octanol–water partition coefficient (Wildman–Crippen LogP) is 23.2. The predicted molar refractivity (Wildman–Crippen MR) is 344 cm³/mol. The summed E-state index contributed by atoms with van der Waals surface area (Å²) in [6.45, 7) is 6.55. The summed E-state index contributed by atoms with van der Waals surface area (Å²) in [7, 11) is 0. The lowest BCUT2D eigenvalue weighted by atomic mass is 10.0. The summed E-state index contributed by atoms with van der Waals surface area (Å²) in [5, 5.41) is 0. The van der Waals surface area contributed by atoms with Crippen molar-refractivity contribution in [2.75, 3.05) is 13.2 Å². The monoisotopic (exact) mass is 1100 g/mol. The summed E-state index contributed by atoms with van der Waals surface area (Å²) in [5.74, 6) is -0.890. The number of esters is 3. The molecule has 0 radical (unpaired) electrons. The lowest BCUT2D eigenvalue weighted by Gasteiger charge is -2.18. The van der Waals surface area contributed by atoms with Crippen LogP contribution in [-0.4, -0.2) is 37.2 Å². The van der Waals surface area contributed by atoms with Gasteiger partial charge < -0.3 is 14.2 Å². The molecule has 0 saturated heterocycles. The molecule has 0 aromatic heterocycles. The molecule has 0 saturated carbocycles. The number of hydrogen-bond acceptors (Lipinski definition) is 6. The molecule has 1 unspecified atom stereocenters. The molecule has 0 heterocycles. The van der Waals surface area contributed by atoms with Crippen LogP contribution in [0.15, 0.2) is 97.2 Å². The second-order valence-electron chi connectivity index (χ2n) is 22.4. The van der Waals surface area contributed by atoms with Crippen LogP contribution in [0.2, 0.25) is 0 Å². The highest BCUT2D eigenvalue weighted by Gasteiger charge is 2.19. The summed E-state index contributed by atoms with van der Waals surface area (Å²) in [6, 6.07) is 0. The largest absolute Gasteiger partial charge is 0.462 e. The van der Waals surface area contributed by atoms with Crippen LogP contribution >= 0.6 is 0 Å². The zero-order chi connectivity index (χ0) is 57.1. The minimum Gasteiger partial charge on any atom is -0.462 e. The Morgan fingerprint density at radius 3 is 0.772 bits per heavy atom. The highest BCUT2D eigenvalue weighted by Crippen LogP contribution is 2.17. The molecule has 0 aliphatic heterocycles. The topological polar surface area (TPSA) is 78.9 Å². The smallest absolute Gasteiger partial charge is 0.306 e. The van der Waals surface area contributed by atoms with E-state index < -0.39 is 6.10 Å². The highest BCUT2D eigenvalue weighted by molar-refractivity contribution is 5.71. The third kappa shape index (κ3) is 65.0. The van der Waals surface area contributed by atoms with Gasteiger partial charge in [0.25, 0.3) is 0 Å². The number of rotatable bonds is 61. The van der Waals surface area contributed by atoms with Crippen molar-refractivity contribution in [1.82, 2.24) is 0 Å². The maximum atomic E-state index is 12.9. The SMILES string of the molecule is CC/C=C\C/C=C\C/C=C\C/C=C\C/C=C\C/C=C\C/C=C\C/C=C\CCCCCCC(=O)OCC(COC(=O)CCCCCCCCCCCCCCCC)OC(=O)CCCCCCCCCCCCCCCCCCCC. The lowest BCUT2D eigenvalue weighted by Crippen LogP contribution is -2.30. The van der Waals surface area contributed by atoms with Crippen LogP contribution in [0.5, 0.6) is 0 Å². The van der Waals surface area contributed by atoms with Gasteiger partial charge in [-0.3, -0.25) is 14.4 Å². The molecule has 0 spiro atoms. The van der Waals surface area contributed by atoms with Crippen LogP contribution in [0.25, 0.3) is 0 Å². The second-order valence-corrected chi connectivity index (χ2v) is 22.4. The Balaban J connectivity index is 4.36. The van der Waals surface area contributed by atoms with Crippen molar-refractivity contribution in [3.05, 3.63) is 97.2 Å². The van der Waals surface area contributed by atoms with E-state index in [1.807, 2.05) is 0 Å². The summed E-state index contributed by atoms with van der Waals surface area (Å²) in [5.41, 5.74) is 0. The molecule has 6 nitrogen and oxygen atoms in total. The molecule has 0 N–H and O–H groups in total. The third-order valence-electron chi connectivity index (χ3n) is 14.6. The molecule has 1 atom stereocenters. The zero-order valence-electron chi connectivity index (χ0n) is 52.1. The number of unbranched alkanes of at least 4 members (excludes halogenated alkanes) is 34. The van der Waals surface area contributed by atoms with Gasteiger partial charge in [0, 0.05) is 19.3 Å². The Morgan fingerprint density at radius 2 is 0.494 bits per heavy atom. The molecule has 0 rings (SSSR count). The van der Waals surface area contributed by atoms with E-state index in [1.165, 1.54) is 167 Å². The first-order chi connectivity index (χ1) is 39.0. The molecule has 6 heteroatoms. The lowest BCUT2D eigenvalue weighted by molar-refractivity contribution is -0.167. The Morgan fingerprint density at radius 1 is 0.266 bits per heavy atom. The number of carbonyl (C=O) groups excluding carboxylic acids is 3. The van der Waals surface area contributed by atoms with E-state index in [-0.39, 0.29) is 31.1 Å². The first-order valence-electron chi connectivity index (χ1n) is 33.7. The Kier molecular flexibility index (Phi) is 63.7. The minimum absolute atomic E-state index is 0.0810. The van der Waals surface area contributed by atoms with Crippen LogP contribution in [0.3, 0.4) is 0 Å². The summed E-state index contributed by atoms with van der Waals surface area (Å²) in [4.78, 5) is 38.4. The first kappa shape index (κ1) is 75.3. The van der Waals surface area contributed by atoms with Gasteiger partial charge in [0.05, 0.1) is 0 Å². The summed E-state index contributed by atoms with van der Waals surface area (Å²) >= 11 is 0. The van der Waals surface area contributed by atoms with E-state index in [1.54, 1.807) is 0 Å². The van der Waals surface area contributed by atoms with Gasteiger partial charge >= 0.3 is 17.9 Å². The number of ether oxygens (including phenoxy) is 3. The Labute approximate surface area is 489 Å². The first-order valence-corrected chi connectivity index (χ1v) is 33.7. The normalized spacial score (nSPS) is 12.7. The highest BCUT2D eigenvalue weighted by atomic mass is 16.6. The molecule has 0 aromatic carbocycles. The minimum atomic E-state index is -0.786. The van der Waals surface area contributed by atoms with Crippen molar-refractivity contribution < 1.29 is 28.6 Å².